The number of nitrogens with one attached hydrogen (secondary N) is 2. The minimum absolute atomic E-state index is 0.0529. The molecule has 126 valence electrons. The first-order valence-corrected chi connectivity index (χ1v) is 8.24. The number of carbonyl (C=O) groups excluding carboxylic acids is 1. The van der Waals surface area contributed by atoms with Gasteiger partial charge in [0.2, 0.25) is 5.91 Å². The van der Waals surface area contributed by atoms with Gasteiger partial charge in [-0.3, -0.25) is 4.79 Å². The second-order valence-corrected chi connectivity index (χ2v) is 6.07. The molecule has 0 atom stereocenters. The minimum atomic E-state index is -0.0529. The van der Waals surface area contributed by atoms with E-state index in [0.29, 0.717) is 12.1 Å². The SMILES string of the molecule is Cc1ccc(Nc2ccc(NC(=O)Cc3ccccc3)cn2)cc1C. The van der Waals surface area contributed by atoms with Gasteiger partial charge in [-0.15, -0.1) is 0 Å². The fourth-order valence-electron chi connectivity index (χ4n) is 2.50. The van der Waals surface area contributed by atoms with Gasteiger partial charge in [-0.2, -0.15) is 0 Å². The second kappa shape index (κ2) is 7.62. The van der Waals surface area contributed by atoms with E-state index in [1.54, 1.807) is 6.20 Å². The quantitative estimate of drug-likeness (QED) is 0.717. The van der Waals surface area contributed by atoms with Crippen LogP contribution in [0.5, 0.6) is 0 Å². The summed E-state index contributed by atoms with van der Waals surface area (Å²) in [6, 6.07) is 19.6. The molecule has 4 heteroatoms. The average Bonchev–Trinajstić information content (AvgIpc) is 2.61. The van der Waals surface area contributed by atoms with E-state index in [9.17, 15) is 4.79 Å². The maximum absolute atomic E-state index is 12.1. The lowest BCUT2D eigenvalue weighted by Gasteiger charge is -2.09. The van der Waals surface area contributed by atoms with E-state index < -0.39 is 0 Å². The van der Waals surface area contributed by atoms with Crippen molar-refractivity contribution < 1.29 is 4.79 Å². The van der Waals surface area contributed by atoms with Gasteiger partial charge in [0, 0.05) is 5.69 Å². The summed E-state index contributed by atoms with van der Waals surface area (Å²) >= 11 is 0. The van der Waals surface area contributed by atoms with Gasteiger partial charge in [0.1, 0.15) is 5.82 Å². The molecule has 0 aliphatic heterocycles. The summed E-state index contributed by atoms with van der Waals surface area (Å²) in [5.41, 5.74) is 5.16. The van der Waals surface area contributed by atoms with Crippen molar-refractivity contribution in [1.82, 2.24) is 4.98 Å². The molecule has 25 heavy (non-hydrogen) atoms. The number of amides is 1. The number of aryl methyl sites for hydroxylation is 2. The molecule has 0 unspecified atom stereocenters. The molecule has 0 radical (unpaired) electrons. The molecule has 1 aromatic heterocycles. The number of rotatable bonds is 5. The second-order valence-electron chi connectivity index (χ2n) is 6.07. The number of hydrogen-bond acceptors (Lipinski definition) is 3. The molecule has 0 aliphatic carbocycles. The molecule has 0 saturated carbocycles. The van der Waals surface area contributed by atoms with Crippen LogP contribution in [0.25, 0.3) is 0 Å². The van der Waals surface area contributed by atoms with Gasteiger partial charge in [0.15, 0.2) is 0 Å². The van der Waals surface area contributed by atoms with Crippen molar-refractivity contribution in [2.75, 3.05) is 10.6 Å². The van der Waals surface area contributed by atoms with Gasteiger partial charge in [-0.05, 0) is 54.8 Å². The van der Waals surface area contributed by atoms with E-state index in [-0.39, 0.29) is 5.91 Å². The van der Waals surface area contributed by atoms with Gasteiger partial charge in [-0.25, -0.2) is 4.98 Å². The zero-order chi connectivity index (χ0) is 17.6. The van der Waals surface area contributed by atoms with Crippen LogP contribution in [0.15, 0.2) is 66.9 Å². The topological polar surface area (TPSA) is 54.0 Å². The Balaban J connectivity index is 1.60. The Kier molecular flexibility index (Phi) is 5.09. The molecule has 1 amide bonds. The highest BCUT2D eigenvalue weighted by molar-refractivity contribution is 5.92. The molecule has 1 heterocycles. The van der Waals surface area contributed by atoms with Crippen LogP contribution in [0, 0.1) is 13.8 Å². The van der Waals surface area contributed by atoms with Crippen LogP contribution in [0.1, 0.15) is 16.7 Å². The normalized spacial score (nSPS) is 10.3. The summed E-state index contributed by atoms with van der Waals surface area (Å²) in [5, 5.41) is 6.14. The number of hydrogen-bond donors (Lipinski definition) is 2. The highest BCUT2D eigenvalue weighted by Gasteiger charge is 2.05. The van der Waals surface area contributed by atoms with Crippen molar-refractivity contribution in [3.63, 3.8) is 0 Å². The highest BCUT2D eigenvalue weighted by Crippen LogP contribution is 2.19. The van der Waals surface area contributed by atoms with Crippen LogP contribution in [0.3, 0.4) is 0 Å². The average molecular weight is 331 g/mol. The van der Waals surface area contributed by atoms with E-state index in [1.165, 1.54) is 11.1 Å². The fraction of sp³-hybridized carbons (Fsp3) is 0.143. The van der Waals surface area contributed by atoms with Gasteiger partial charge in [0.05, 0.1) is 18.3 Å². The van der Waals surface area contributed by atoms with Crippen LogP contribution < -0.4 is 10.6 Å². The Bertz CT molecular complexity index is 858. The fourth-order valence-corrected chi connectivity index (χ4v) is 2.50. The molecule has 0 bridgehead atoms. The number of aromatic nitrogens is 1. The monoisotopic (exact) mass is 331 g/mol. The standard InChI is InChI=1S/C21H21N3O/c1-15-8-9-18(12-16(15)2)23-20-11-10-19(14-22-20)24-21(25)13-17-6-4-3-5-7-17/h3-12,14H,13H2,1-2H3,(H,22,23)(H,24,25). The summed E-state index contributed by atoms with van der Waals surface area (Å²) in [6.45, 7) is 4.17. The van der Waals surface area contributed by atoms with Crippen LogP contribution in [-0.4, -0.2) is 10.9 Å². The van der Waals surface area contributed by atoms with Crippen molar-refractivity contribution in [3.8, 4) is 0 Å². The zero-order valence-electron chi connectivity index (χ0n) is 14.4. The molecule has 2 N–H and O–H groups in total. The third kappa shape index (κ3) is 4.67. The largest absolute Gasteiger partial charge is 0.340 e. The maximum atomic E-state index is 12.1. The molecular formula is C21H21N3O. The lowest BCUT2D eigenvalue weighted by molar-refractivity contribution is -0.115. The zero-order valence-corrected chi connectivity index (χ0v) is 14.4. The number of anilines is 3. The molecule has 0 saturated heterocycles. The van der Waals surface area contributed by atoms with E-state index >= 15 is 0 Å². The van der Waals surface area contributed by atoms with E-state index in [2.05, 4.69) is 41.6 Å². The van der Waals surface area contributed by atoms with Crippen molar-refractivity contribution in [3.05, 3.63) is 83.6 Å². The molecule has 4 nitrogen and oxygen atoms in total. The number of benzene rings is 2. The molecule has 2 aromatic carbocycles. The van der Waals surface area contributed by atoms with Crippen molar-refractivity contribution in [2.24, 2.45) is 0 Å². The number of pyridine rings is 1. The summed E-state index contributed by atoms with van der Waals surface area (Å²) < 4.78 is 0. The molecule has 3 rings (SSSR count). The van der Waals surface area contributed by atoms with Crippen LogP contribution >= 0.6 is 0 Å². The number of nitrogens with zero attached hydrogens (tertiary/aromatic N) is 1. The highest BCUT2D eigenvalue weighted by atomic mass is 16.1. The third-order valence-corrected chi connectivity index (χ3v) is 4.03. The van der Waals surface area contributed by atoms with E-state index in [0.717, 1.165) is 17.1 Å². The Morgan fingerprint density at radius 1 is 0.920 bits per heavy atom. The smallest absolute Gasteiger partial charge is 0.228 e. The van der Waals surface area contributed by atoms with Crippen molar-refractivity contribution >= 4 is 23.1 Å². The van der Waals surface area contributed by atoms with Crippen LogP contribution in [-0.2, 0) is 11.2 Å². The predicted octanol–water partition coefficient (Wildman–Crippen LogP) is 4.62. The van der Waals surface area contributed by atoms with Crippen molar-refractivity contribution in [2.45, 2.75) is 20.3 Å². The Morgan fingerprint density at radius 2 is 1.68 bits per heavy atom. The predicted molar refractivity (Wildman–Crippen MR) is 102 cm³/mol. The van der Waals surface area contributed by atoms with Gasteiger partial charge in [0.25, 0.3) is 0 Å². The molecular weight excluding hydrogens is 310 g/mol. The van der Waals surface area contributed by atoms with Gasteiger partial charge >= 0.3 is 0 Å². The lowest BCUT2D eigenvalue weighted by atomic mass is 10.1. The molecule has 0 spiro atoms. The molecule has 0 fully saturated rings. The Morgan fingerprint density at radius 3 is 2.36 bits per heavy atom. The lowest BCUT2D eigenvalue weighted by Crippen LogP contribution is -2.14. The Labute approximate surface area is 147 Å². The first-order chi connectivity index (χ1) is 12.1. The summed E-state index contributed by atoms with van der Waals surface area (Å²) in [7, 11) is 0. The van der Waals surface area contributed by atoms with Gasteiger partial charge in [-0.1, -0.05) is 36.4 Å². The minimum Gasteiger partial charge on any atom is -0.340 e. The third-order valence-electron chi connectivity index (χ3n) is 4.03. The maximum Gasteiger partial charge on any atom is 0.228 e. The summed E-state index contributed by atoms with van der Waals surface area (Å²) in [5.74, 6) is 0.687. The van der Waals surface area contributed by atoms with Crippen LogP contribution in [0.2, 0.25) is 0 Å². The van der Waals surface area contributed by atoms with Crippen molar-refractivity contribution in [1.29, 1.82) is 0 Å². The molecule has 3 aromatic rings. The first-order valence-electron chi connectivity index (χ1n) is 8.24. The van der Waals surface area contributed by atoms with E-state index in [1.807, 2.05) is 48.5 Å². The van der Waals surface area contributed by atoms with Gasteiger partial charge < -0.3 is 10.6 Å². The van der Waals surface area contributed by atoms with E-state index in [4.69, 9.17) is 0 Å². The summed E-state index contributed by atoms with van der Waals surface area (Å²) in [6.07, 6.45) is 2.01. The number of carbonyl (C=O) groups is 1. The summed E-state index contributed by atoms with van der Waals surface area (Å²) in [4.78, 5) is 16.4. The van der Waals surface area contributed by atoms with Crippen LogP contribution in [0.4, 0.5) is 17.2 Å². The molecule has 0 aliphatic rings. The first kappa shape index (κ1) is 16.7. The Hall–Kier alpha value is -3.14.